The highest BCUT2D eigenvalue weighted by atomic mass is 19.1. The van der Waals surface area contributed by atoms with Gasteiger partial charge in [-0.15, -0.1) is 0 Å². The van der Waals surface area contributed by atoms with Gasteiger partial charge >= 0.3 is 6.03 Å². The van der Waals surface area contributed by atoms with E-state index in [1.807, 2.05) is 42.5 Å². The second-order valence-electron chi connectivity index (χ2n) is 8.11. The van der Waals surface area contributed by atoms with Crippen molar-refractivity contribution in [3.63, 3.8) is 0 Å². The first-order chi connectivity index (χ1) is 17.2. The normalized spacial score (nSPS) is 15.8. The number of para-hydroxylation sites is 1. The van der Waals surface area contributed by atoms with Crippen LogP contribution in [0.1, 0.15) is 18.1 Å². The molecule has 0 saturated heterocycles. The Morgan fingerprint density at radius 1 is 1.00 bits per heavy atom. The van der Waals surface area contributed by atoms with Gasteiger partial charge in [-0.25, -0.2) is 18.6 Å². The molecule has 3 N–H and O–H groups in total. The lowest BCUT2D eigenvalue weighted by molar-refractivity contribution is -0.128. The molecule has 3 aromatic rings. The third-order valence-corrected chi connectivity index (χ3v) is 5.59. The van der Waals surface area contributed by atoms with Crippen LogP contribution in [0.5, 0.6) is 0 Å². The molecule has 4 rings (SSSR count). The quantitative estimate of drug-likeness (QED) is 0.510. The fraction of sp³-hybridized carbons (Fsp3) is 0.154. The number of likely N-dealkylation sites (N-methyl/N-ethyl adjacent to an activating group) is 1. The van der Waals surface area contributed by atoms with E-state index in [4.69, 9.17) is 0 Å². The fourth-order valence-electron chi connectivity index (χ4n) is 3.71. The van der Waals surface area contributed by atoms with E-state index in [-0.39, 0.29) is 5.69 Å². The predicted molar refractivity (Wildman–Crippen MR) is 132 cm³/mol. The molecule has 0 radical (unpaired) electrons. The van der Waals surface area contributed by atoms with Gasteiger partial charge in [-0.3, -0.25) is 9.59 Å². The van der Waals surface area contributed by atoms with Crippen LogP contribution in [0.2, 0.25) is 0 Å². The zero-order valence-electron chi connectivity index (χ0n) is 19.5. The molecule has 0 saturated carbocycles. The summed E-state index contributed by atoms with van der Waals surface area (Å²) in [6.45, 7) is 1.40. The van der Waals surface area contributed by atoms with Crippen LogP contribution in [0.3, 0.4) is 0 Å². The third-order valence-electron chi connectivity index (χ3n) is 5.59. The molecule has 3 aromatic carbocycles. The lowest BCUT2D eigenvalue weighted by Gasteiger charge is -2.22. The summed E-state index contributed by atoms with van der Waals surface area (Å²) in [5.74, 6) is -2.90. The maximum Gasteiger partial charge on any atom is 0.319 e. The van der Waals surface area contributed by atoms with Crippen LogP contribution in [0, 0.1) is 11.6 Å². The highest BCUT2D eigenvalue weighted by Gasteiger charge is 2.32. The van der Waals surface area contributed by atoms with E-state index in [0.29, 0.717) is 17.5 Å². The summed E-state index contributed by atoms with van der Waals surface area (Å²) in [7, 11) is 1.59. The molecule has 0 aromatic heterocycles. The van der Waals surface area contributed by atoms with Crippen molar-refractivity contribution >= 4 is 34.9 Å². The summed E-state index contributed by atoms with van der Waals surface area (Å²) in [6.07, 6.45) is -1.26. The minimum absolute atomic E-state index is 0.253. The van der Waals surface area contributed by atoms with Crippen molar-refractivity contribution in [1.82, 2.24) is 10.6 Å². The molecule has 184 valence electrons. The van der Waals surface area contributed by atoms with Crippen molar-refractivity contribution in [3.8, 4) is 0 Å². The van der Waals surface area contributed by atoms with Crippen LogP contribution in [-0.4, -0.2) is 42.8 Å². The number of urea groups is 1. The summed E-state index contributed by atoms with van der Waals surface area (Å²) in [4.78, 5) is 44.3. The molecule has 0 unspecified atom stereocenters. The maximum atomic E-state index is 13.8. The smallest absolute Gasteiger partial charge is 0.319 e. The molecule has 0 aliphatic carbocycles. The summed E-state index contributed by atoms with van der Waals surface area (Å²) in [5, 5.41) is 7.16. The Hall–Kier alpha value is -4.60. The van der Waals surface area contributed by atoms with E-state index >= 15 is 0 Å². The summed E-state index contributed by atoms with van der Waals surface area (Å²) in [5.41, 5.74) is 2.40. The van der Waals surface area contributed by atoms with Gasteiger partial charge in [0.2, 0.25) is 12.1 Å². The molecule has 0 fully saturated rings. The van der Waals surface area contributed by atoms with E-state index in [9.17, 15) is 23.2 Å². The van der Waals surface area contributed by atoms with Gasteiger partial charge in [0.15, 0.2) is 0 Å². The number of amides is 4. The number of hydrogen-bond acceptors (Lipinski definition) is 4. The number of fused-ring (bicyclic) bond motifs is 1. The number of benzene rings is 3. The first-order valence-electron chi connectivity index (χ1n) is 11.1. The molecular weight excluding hydrogens is 468 g/mol. The minimum atomic E-state index is -1.26. The Bertz CT molecular complexity index is 1350. The largest absolute Gasteiger partial charge is 0.326 e. The Morgan fingerprint density at radius 3 is 2.42 bits per heavy atom. The number of nitrogens with one attached hydrogen (secondary N) is 3. The number of halogens is 2. The molecule has 4 amide bonds. The zero-order valence-corrected chi connectivity index (χ0v) is 19.5. The number of carbonyl (C=O) groups excluding carboxylic acids is 3. The summed E-state index contributed by atoms with van der Waals surface area (Å²) < 4.78 is 26.9. The van der Waals surface area contributed by atoms with Gasteiger partial charge < -0.3 is 20.9 Å². The van der Waals surface area contributed by atoms with E-state index in [0.717, 1.165) is 23.3 Å². The van der Waals surface area contributed by atoms with Crippen LogP contribution >= 0.6 is 0 Å². The van der Waals surface area contributed by atoms with Crippen molar-refractivity contribution in [2.45, 2.75) is 19.1 Å². The van der Waals surface area contributed by atoms with Crippen molar-refractivity contribution in [2.75, 3.05) is 17.3 Å². The van der Waals surface area contributed by atoms with Crippen LogP contribution in [0.15, 0.2) is 77.8 Å². The van der Waals surface area contributed by atoms with Gasteiger partial charge in [-0.1, -0.05) is 48.5 Å². The molecule has 36 heavy (non-hydrogen) atoms. The molecule has 0 spiro atoms. The third kappa shape index (κ3) is 5.22. The molecular formula is C26H23F2N5O3. The fourth-order valence-corrected chi connectivity index (χ4v) is 3.71. The summed E-state index contributed by atoms with van der Waals surface area (Å²) >= 11 is 0. The number of anilines is 2. The first-order valence-corrected chi connectivity index (χ1v) is 11.1. The highest BCUT2D eigenvalue weighted by molar-refractivity contribution is 6.20. The number of aliphatic imine (C=N–C) groups is 1. The molecule has 0 bridgehead atoms. The van der Waals surface area contributed by atoms with Crippen molar-refractivity contribution in [3.05, 3.63) is 95.6 Å². The SMILES string of the molecule is C[C@H](NC(=O)Nc1ccc(F)cc1F)C(=O)N[C@H]1N=C(c2ccccc2)c2ccccc2N(C)C1=O. The van der Waals surface area contributed by atoms with Crippen LogP contribution < -0.4 is 20.9 Å². The van der Waals surface area contributed by atoms with Crippen molar-refractivity contribution < 1.29 is 23.2 Å². The molecule has 1 heterocycles. The number of carbonyl (C=O) groups is 3. The lowest BCUT2D eigenvalue weighted by atomic mass is 10.0. The van der Waals surface area contributed by atoms with Crippen LogP contribution in [-0.2, 0) is 9.59 Å². The Balaban J connectivity index is 1.53. The number of rotatable bonds is 5. The van der Waals surface area contributed by atoms with E-state index in [2.05, 4.69) is 20.9 Å². The zero-order chi connectivity index (χ0) is 25.8. The average Bonchev–Trinajstić information content (AvgIpc) is 2.97. The van der Waals surface area contributed by atoms with E-state index in [1.165, 1.54) is 11.8 Å². The number of hydrogen-bond donors (Lipinski definition) is 3. The lowest BCUT2D eigenvalue weighted by Crippen LogP contribution is -2.52. The second-order valence-corrected chi connectivity index (χ2v) is 8.11. The van der Waals surface area contributed by atoms with Crippen molar-refractivity contribution in [1.29, 1.82) is 0 Å². The van der Waals surface area contributed by atoms with Crippen LogP contribution in [0.25, 0.3) is 0 Å². The maximum absolute atomic E-state index is 13.8. The topological polar surface area (TPSA) is 103 Å². The Kier molecular flexibility index (Phi) is 7.05. The van der Waals surface area contributed by atoms with Crippen LogP contribution in [0.4, 0.5) is 25.0 Å². The summed E-state index contributed by atoms with van der Waals surface area (Å²) in [6, 6.07) is 17.2. The molecule has 8 nitrogen and oxygen atoms in total. The second kappa shape index (κ2) is 10.3. The van der Waals surface area contributed by atoms with Gasteiger partial charge in [-0.2, -0.15) is 0 Å². The Morgan fingerprint density at radius 2 is 1.69 bits per heavy atom. The molecule has 1 aliphatic heterocycles. The van der Waals surface area contributed by atoms with Crippen molar-refractivity contribution in [2.24, 2.45) is 4.99 Å². The predicted octanol–water partition coefficient (Wildman–Crippen LogP) is 3.43. The molecule has 10 heteroatoms. The number of nitrogens with zero attached hydrogens (tertiary/aromatic N) is 2. The van der Waals surface area contributed by atoms with E-state index in [1.54, 1.807) is 19.2 Å². The molecule has 2 atom stereocenters. The van der Waals surface area contributed by atoms with Gasteiger partial charge in [0, 0.05) is 24.2 Å². The van der Waals surface area contributed by atoms with Gasteiger partial charge in [0.05, 0.1) is 17.1 Å². The van der Waals surface area contributed by atoms with Gasteiger partial charge in [0.1, 0.15) is 17.7 Å². The highest BCUT2D eigenvalue weighted by Crippen LogP contribution is 2.27. The average molecular weight is 491 g/mol. The van der Waals surface area contributed by atoms with Gasteiger partial charge in [0.25, 0.3) is 5.91 Å². The number of benzodiazepines with no additional fused rings is 1. The van der Waals surface area contributed by atoms with Gasteiger partial charge in [-0.05, 0) is 25.1 Å². The standard InChI is InChI=1S/C26H23F2N5O3/c1-15(29-26(36)30-20-13-12-17(27)14-19(20)28)24(34)32-23-25(35)33(2)21-11-7-6-10-18(21)22(31-23)16-8-4-3-5-9-16/h3-15,23H,1-2H3,(H,32,34)(H2,29,30,36)/t15-,23+/m0/s1. The minimum Gasteiger partial charge on any atom is -0.326 e. The first kappa shape index (κ1) is 24.5. The monoisotopic (exact) mass is 491 g/mol. The Labute approximate surface area is 206 Å². The molecule has 1 aliphatic rings. The van der Waals surface area contributed by atoms with E-state index < -0.39 is 41.7 Å².